The lowest BCUT2D eigenvalue weighted by Crippen LogP contribution is -2.30. The van der Waals surface area contributed by atoms with Crippen molar-refractivity contribution in [2.75, 3.05) is 0 Å². The summed E-state index contributed by atoms with van der Waals surface area (Å²) in [5.74, 6) is 4.19. The van der Waals surface area contributed by atoms with E-state index in [2.05, 4.69) is 37.3 Å². The molecule has 0 fully saturated rings. The Labute approximate surface area is 126 Å². The average molecular weight is 392 g/mol. The fraction of sp³-hybridized carbons (Fsp3) is 0.0769. The van der Waals surface area contributed by atoms with Gasteiger partial charge in [0.15, 0.2) is 0 Å². The van der Waals surface area contributed by atoms with Gasteiger partial charge in [-0.2, -0.15) is 0 Å². The fourth-order valence-corrected chi connectivity index (χ4v) is 2.71. The highest BCUT2D eigenvalue weighted by atomic mass is 79.9. The zero-order valence-electron chi connectivity index (χ0n) is 9.63. The summed E-state index contributed by atoms with van der Waals surface area (Å²) >= 11 is 6.68. The van der Waals surface area contributed by atoms with E-state index in [4.69, 9.17) is 5.84 Å². The summed E-state index contributed by atoms with van der Waals surface area (Å²) in [5, 5.41) is 0. The van der Waals surface area contributed by atoms with Gasteiger partial charge in [0.25, 0.3) is 0 Å². The number of nitrogens with one attached hydrogen (secondary N) is 1. The molecule has 19 heavy (non-hydrogen) atoms. The molecule has 0 aliphatic heterocycles. The van der Waals surface area contributed by atoms with Crippen molar-refractivity contribution in [1.29, 1.82) is 0 Å². The number of hydrogen-bond acceptors (Lipinski definition) is 2. The van der Waals surface area contributed by atoms with Gasteiger partial charge in [-0.05, 0) is 35.9 Å². The van der Waals surface area contributed by atoms with Crippen LogP contribution < -0.4 is 11.3 Å². The number of benzene rings is 2. The summed E-state index contributed by atoms with van der Waals surface area (Å²) in [6.07, 6.45) is 0. The van der Waals surface area contributed by atoms with Gasteiger partial charge in [0.1, 0.15) is 11.6 Å². The smallest absolute Gasteiger partial charge is 0.131 e. The molecule has 0 radical (unpaired) electrons. The second-order valence-corrected chi connectivity index (χ2v) is 5.67. The summed E-state index contributed by atoms with van der Waals surface area (Å²) in [7, 11) is 0. The minimum absolute atomic E-state index is 0.108. The van der Waals surface area contributed by atoms with Crippen molar-refractivity contribution < 1.29 is 8.78 Å². The largest absolute Gasteiger partial charge is 0.271 e. The first-order chi connectivity index (χ1) is 9.04. The van der Waals surface area contributed by atoms with Gasteiger partial charge in [-0.15, -0.1) is 0 Å². The first-order valence-electron chi connectivity index (χ1n) is 5.39. The molecule has 0 aromatic heterocycles. The third-order valence-electron chi connectivity index (χ3n) is 2.72. The van der Waals surface area contributed by atoms with Crippen LogP contribution in [-0.4, -0.2) is 0 Å². The quantitative estimate of drug-likeness (QED) is 0.612. The Kier molecular flexibility index (Phi) is 4.67. The van der Waals surface area contributed by atoms with Gasteiger partial charge in [-0.3, -0.25) is 5.84 Å². The second kappa shape index (κ2) is 6.09. The van der Waals surface area contributed by atoms with Crippen LogP contribution in [0.4, 0.5) is 8.78 Å². The first kappa shape index (κ1) is 14.6. The van der Waals surface area contributed by atoms with Gasteiger partial charge >= 0.3 is 0 Å². The Balaban J connectivity index is 2.59. The third kappa shape index (κ3) is 3.02. The molecule has 0 saturated heterocycles. The van der Waals surface area contributed by atoms with Crippen molar-refractivity contribution in [3.8, 4) is 0 Å². The van der Waals surface area contributed by atoms with E-state index in [1.54, 1.807) is 12.1 Å². The van der Waals surface area contributed by atoms with Crippen LogP contribution in [0, 0.1) is 11.6 Å². The average Bonchev–Trinajstić information content (AvgIpc) is 2.37. The van der Waals surface area contributed by atoms with Crippen LogP contribution in [0.2, 0.25) is 0 Å². The normalized spacial score (nSPS) is 12.5. The molecule has 0 aliphatic carbocycles. The van der Waals surface area contributed by atoms with Crippen LogP contribution in [0.15, 0.2) is 45.3 Å². The van der Waals surface area contributed by atoms with Gasteiger partial charge in [0, 0.05) is 14.5 Å². The molecule has 0 saturated carbocycles. The summed E-state index contributed by atoms with van der Waals surface area (Å²) in [6, 6.07) is 8.29. The number of nitrogens with two attached hydrogens (primary N) is 1. The molecule has 0 spiro atoms. The molecule has 100 valence electrons. The molecule has 1 unspecified atom stereocenters. The first-order valence-corrected chi connectivity index (χ1v) is 6.98. The third-order valence-corrected chi connectivity index (χ3v) is 3.94. The van der Waals surface area contributed by atoms with Crippen molar-refractivity contribution >= 4 is 31.9 Å². The van der Waals surface area contributed by atoms with Crippen LogP contribution in [-0.2, 0) is 0 Å². The van der Waals surface area contributed by atoms with Gasteiger partial charge in [-0.25, -0.2) is 14.2 Å². The second-order valence-electron chi connectivity index (χ2n) is 3.90. The molecule has 0 aliphatic rings. The van der Waals surface area contributed by atoms with E-state index in [0.717, 1.165) is 4.47 Å². The van der Waals surface area contributed by atoms with Crippen molar-refractivity contribution in [2.24, 2.45) is 5.84 Å². The highest BCUT2D eigenvalue weighted by molar-refractivity contribution is 9.11. The topological polar surface area (TPSA) is 38.0 Å². The highest BCUT2D eigenvalue weighted by Crippen LogP contribution is 2.32. The lowest BCUT2D eigenvalue weighted by atomic mass is 9.98. The fourth-order valence-electron chi connectivity index (χ4n) is 1.85. The van der Waals surface area contributed by atoms with Crippen molar-refractivity contribution in [3.05, 3.63) is 68.1 Å². The Bertz CT molecular complexity index is 585. The van der Waals surface area contributed by atoms with Gasteiger partial charge < -0.3 is 0 Å². The van der Waals surface area contributed by atoms with E-state index in [1.165, 1.54) is 18.2 Å². The summed E-state index contributed by atoms with van der Waals surface area (Å²) in [6.45, 7) is 0. The number of hydrazine groups is 1. The molecule has 2 rings (SSSR count). The number of rotatable bonds is 3. The summed E-state index contributed by atoms with van der Waals surface area (Å²) in [4.78, 5) is 0. The molecule has 3 N–H and O–H groups in total. The molecule has 2 aromatic carbocycles. The lowest BCUT2D eigenvalue weighted by Gasteiger charge is -2.20. The molecule has 6 heteroatoms. The molecule has 2 aromatic rings. The van der Waals surface area contributed by atoms with E-state index in [1.807, 2.05) is 6.07 Å². The van der Waals surface area contributed by atoms with Crippen molar-refractivity contribution in [3.63, 3.8) is 0 Å². The predicted molar refractivity (Wildman–Crippen MR) is 77.4 cm³/mol. The number of hydrogen-bond donors (Lipinski definition) is 2. The van der Waals surface area contributed by atoms with Gasteiger partial charge in [0.05, 0.1) is 6.04 Å². The highest BCUT2D eigenvalue weighted by Gasteiger charge is 2.22. The van der Waals surface area contributed by atoms with Crippen LogP contribution in [0.1, 0.15) is 17.2 Å². The Morgan fingerprint density at radius 1 is 1.05 bits per heavy atom. The monoisotopic (exact) mass is 390 g/mol. The Hall–Kier alpha value is -0.820. The molecular formula is C13H10Br2F2N2. The molecule has 2 nitrogen and oxygen atoms in total. The zero-order chi connectivity index (χ0) is 14.0. The van der Waals surface area contributed by atoms with E-state index in [0.29, 0.717) is 10.0 Å². The van der Waals surface area contributed by atoms with Crippen molar-refractivity contribution in [2.45, 2.75) is 6.04 Å². The van der Waals surface area contributed by atoms with Crippen LogP contribution in [0.3, 0.4) is 0 Å². The van der Waals surface area contributed by atoms with Crippen LogP contribution in [0.5, 0.6) is 0 Å². The standard InChI is InChI=1S/C13H10Br2F2N2/c14-7-4-5-9(15)8(6-7)13(19-18)12-10(16)2-1-3-11(12)17/h1-6,13,19H,18H2. The molecule has 0 heterocycles. The van der Waals surface area contributed by atoms with E-state index < -0.39 is 17.7 Å². The minimum atomic E-state index is -0.784. The maximum atomic E-state index is 13.8. The summed E-state index contributed by atoms with van der Waals surface area (Å²) < 4.78 is 29.2. The zero-order valence-corrected chi connectivity index (χ0v) is 12.8. The van der Waals surface area contributed by atoms with Crippen LogP contribution >= 0.6 is 31.9 Å². The number of halogens is 4. The molecule has 1 atom stereocenters. The Morgan fingerprint density at radius 3 is 2.26 bits per heavy atom. The lowest BCUT2D eigenvalue weighted by molar-refractivity contribution is 0.510. The van der Waals surface area contributed by atoms with Crippen molar-refractivity contribution in [1.82, 2.24) is 5.43 Å². The molecule has 0 bridgehead atoms. The predicted octanol–water partition coefficient (Wildman–Crippen LogP) is 4.04. The Morgan fingerprint density at radius 2 is 1.68 bits per heavy atom. The minimum Gasteiger partial charge on any atom is -0.271 e. The maximum absolute atomic E-state index is 13.8. The maximum Gasteiger partial charge on any atom is 0.131 e. The molecular weight excluding hydrogens is 382 g/mol. The van der Waals surface area contributed by atoms with Crippen LogP contribution in [0.25, 0.3) is 0 Å². The van der Waals surface area contributed by atoms with E-state index >= 15 is 0 Å². The molecule has 0 amide bonds. The van der Waals surface area contributed by atoms with Gasteiger partial charge in [0.2, 0.25) is 0 Å². The SMILES string of the molecule is NNC(c1cc(Br)ccc1Br)c1c(F)cccc1F. The summed E-state index contributed by atoms with van der Waals surface area (Å²) in [5.41, 5.74) is 2.99. The van der Waals surface area contributed by atoms with Gasteiger partial charge in [-0.1, -0.05) is 37.9 Å². The van der Waals surface area contributed by atoms with E-state index in [-0.39, 0.29) is 5.56 Å². The van der Waals surface area contributed by atoms with E-state index in [9.17, 15) is 8.78 Å².